The molecule has 0 bridgehead atoms. The molecule has 6 nitrogen and oxygen atoms in total. The van der Waals surface area contributed by atoms with Gasteiger partial charge in [-0.25, -0.2) is 9.50 Å². The molecule has 3 heterocycles. The molecule has 0 aliphatic carbocycles. The van der Waals surface area contributed by atoms with Crippen LogP contribution in [0.25, 0.3) is 5.65 Å². The van der Waals surface area contributed by atoms with Gasteiger partial charge in [-0.3, -0.25) is 4.79 Å². The highest BCUT2D eigenvalue weighted by atomic mass is 16.2. The summed E-state index contributed by atoms with van der Waals surface area (Å²) in [5.41, 5.74) is 0.826. The molecule has 3 rings (SSSR count). The normalized spacial score (nSPS) is 15.8. The molecule has 1 aliphatic heterocycles. The van der Waals surface area contributed by atoms with Crippen LogP contribution in [-0.2, 0) is 4.79 Å². The third-order valence-electron chi connectivity index (χ3n) is 3.25. The van der Waals surface area contributed by atoms with Crippen LogP contribution >= 0.6 is 0 Å². The Labute approximate surface area is 111 Å². The molecular formula is C13H17N5O. The number of nitrogens with zero attached hydrogens (tertiary/aromatic N) is 4. The second-order valence-corrected chi connectivity index (χ2v) is 5.18. The van der Waals surface area contributed by atoms with Crippen molar-refractivity contribution in [1.29, 1.82) is 0 Å². The van der Waals surface area contributed by atoms with Crippen LogP contribution in [-0.4, -0.2) is 39.6 Å². The summed E-state index contributed by atoms with van der Waals surface area (Å²) in [4.78, 5) is 18.4. The average Bonchev–Trinajstić information content (AvgIpc) is 2.73. The van der Waals surface area contributed by atoms with E-state index in [0.717, 1.165) is 24.6 Å². The number of anilines is 1. The van der Waals surface area contributed by atoms with E-state index in [1.165, 1.54) is 0 Å². The molecule has 1 saturated heterocycles. The van der Waals surface area contributed by atoms with Gasteiger partial charge in [-0.05, 0) is 19.9 Å². The fraction of sp³-hybridized carbons (Fsp3) is 0.462. The maximum atomic E-state index is 11.8. The Kier molecular flexibility index (Phi) is 2.85. The lowest BCUT2D eigenvalue weighted by Gasteiger charge is -2.39. The Morgan fingerprint density at radius 2 is 2.21 bits per heavy atom. The third-order valence-corrected chi connectivity index (χ3v) is 3.25. The zero-order valence-corrected chi connectivity index (χ0v) is 11.1. The molecule has 0 radical (unpaired) electrons. The van der Waals surface area contributed by atoms with Gasteiger partial charge in [0.15, 0.2) is 5.65 Å². The van der Waals surface area contributed by atoms with Crippen LogP contribution in [0, 0.1) is 5.92 Å². The molecule has 1 N–H and O–H groups in total. The predicted molar refractivity (Wildman–Crippen MR) is 72.0 cm³/mol. The number of amides is 1. The summed E-state index contributed by atoms with van der Waals surface area (Å²) < 4.78 is 1.73. The standard InChI is InChI=1S/C13H17N5O/c1-9(2)15-13(19)10-7-17(8-10)11-4-6-18-12(16-11)3-5-14-18/h3-6,9-10H,7-8H2,1-2H3,(H,15,19). The first-order valence-corrected chi connectivity index (χ1v) is 6.49. The molecular weight excluding hydrogens is 242 g/mol. The van der Waals surface area contributed by atoms with E-state index in [9.17, 15) is 4.79 Å². The Morgan fingerprint density at radius 3 is 2.95 bits per heavy atom. The zero-order valence-electron chi connectivity index (χ0n) is 11.1. The average molecular weight is 259 g/mol. The summed E-state index contributed by atoms with van der Waals surface area (Å²) in [5.74, 6) is 1.11. The first-order chi connectivity index (χ1) is 9.13. The van der Waals surface area contributed by atoms with Gasteiger partial charge in [-0.2, -0.15) is 5.10 Å². The van der Waals surface area contributed by atoms with Crippen LogP contribution in [0.15, 0.2) is 24.5 Å². The van der Waals surface area contributed by atoms with Gasteiger partial charge in [0.2, 0.25) is 5.91 Å². The van der Waals surface area contributed by atoms with Crippen molar-refractivity contribution < 1.29 is 4.79 Å². The van der Waals surface area contributed by atoms with Gasteiger partial charge in [0.1, 0.15) is 5.82 Å². The van der Waals surface area contributed by atoms with E-state index in [-0.39, 0.29) is 17.9 Å². The lowest BCUT2D eigenvalue weighted by molar-refractivity contribution is -0.126. The van der Waals surface area contributed by atoms with E-state index < -0.39 is 0 Å². The number of nitrogens with one attached hydrogen (secondary N) is 1. The van der Waals surface area contributed by atoms with Crippen LogP contribution in [0.2, 0.25) is 0 Å². The second-order valence-electron chi connectivity index (χ2n) is 5.18. The second kappa shape index (κ2) is 4.53. The Hall–Kier alpha value is -2.11. The minimum atomic E-state index is 0.0744. The van der Waals surface area contributed by atoms with Crippen LogP contribution in [0.3, 0.4) is 0 Å². The monoisotopic (exact) mass is 259 g/mol. The summed E-state index contributed by atoms with van der Waals surface area (Å²) in [6.45, 7) is 5.42. The van der Waals surface area contributed by atoms with Crippen molar-refractivity contribution in [1.82, 2.24) is 19.9 Å². The van der Waals surface area contributed by atoms with Gasteiger partial charge < -0.3 is 10.2 Å². The largest absolute Gasteiger partial charge is 0.355 e. The van der Waals surface area contributed by atoms with Crippen molar-refractivity contribution in [2.45, 2.75) is 19.9 Å². The highest BCUT2D eigenvalue weighted by Gasteiger charge is 2.33. The van der Waals surface area contributed by atoms with Gasteiger partial charge in [-0.1, -0.05) is 0 Å². The number of aromatic nitrogens is 3. The van der Waals surface area contributed by atoms with Crippen LogP contribution in [0.5, 0.6) is 0 Å². The summed E-state index contributed by atoms with van der Waals surface area (Å²) in [5, 5.41) is 7.05. The molecule has 0 saturated carbocycles. The van der Waals surface area contributed by atoms with Crippen molar-refractivity contribution in [3.8, 4) is 0 Å². The smallest absolute Gasteiger partial charge is 0.226 e. The number of fused-ring (bicyclic) bond motifs is 1. The summed E-state index contributed by atoms with van der Waals surface area (Å²) >= 11 is 0. The van der Waals surface area contributed by atoms with E-state index >= 15 is 0 Å². The molecule has 1 amide bonds. The predicted octanol–water partition coefficient (Wildman–Crippen LogP) is 0.690. The highest BCUT2D eigenvalue weighted by Crippen LogP contribution is 2.23. The fourth-order valence-corrected chi connectivity index (χ4v) is 2.21. The third kappa shape index (κ3) is 2.25. The van der Waals surface area contributed by atoms with E-state index in [4.69, 9.17) is 0 Å². The van der Waals surface area contributed by atoms with Gasteiger partial charge >= 0.3 is 0 Å². The molecule has 6 heteroatoms. The minimum absolute atomic E-state index is 0.0744. The van der Waals surface area contributed by atoms with Crippen molar-refractivity contribution in [2.75, 3.05) is 18.0 Å². The quantitative estimate of drug-likeness (QED) is 0.881. The molecule has 100 valence electrons. The minimum Gasteiger partial charge on any atom is -0.355 e. The topological polar surface area (TPSA) is 62.5 Å². The summed E-state index contributed by atoms with van der Waals surface area (Å²) in [7, 11) is 0. The van der Waals surface area contributed by atoms with Crippen molar-refractivity contribution >= 4 is 17.4 Å². The summed E-state index contributed by atoms with van der Waals surface area (Å²) in [6.07, 6.45) is 3.61. The molecule has 0 spiro atoms. The Bertz CT molecular complexity index is 600. The number of carbonyl (C=O) groups excluding carboxylic acids is 1. The molecule has 1 aliphatic rings. The maximum Gasteiger partial charge on any atom is 0.226 e. The van der Waals surface area contributed by atoms with Crippen molar-refractivity contribution in [3.63, 3.8) is 0 Å². The molecule has 2 aromatic heterocycles. The molecule has 0 aromatic carbocycles. The lowest BCUT2D eigenvalue weighted by Crippen LogP contribution is -2.55. The first kappa shape index (κ1) is 12.0. The molecule has 19 heavy (non-hydrogen) atoms. The van der Waals surface area contributed by atoms with E-state index in [1.54, 1.807) is 10.7 Å². The highest BCUT2D eigenvalue weighted by molar-refractivity contribution is 5.82. The Balaban J connectivity index is 1.65. The van der Waals surface area contributed by atoms with Crippen molar-refractivity contribution in [3.05, 3.63) is 24.5 Å². The Morgan fingerprint density at radius 1 is 1.42 bits per heavy atom. The van der Waals surface area contributed by atoms with Gasteiger partial charge in [-0.15, -0.1) is 0 Å². The van der Waals surface area contributed by atoms with E-state index in [0.29, 0.717) is 0 Å². The van der Waals surface area contributed by atoms with E-state index in [2.05, 4.69) is 20.3 Å². The SMILES string of the molecule is CC(C)NC(=O)C1CN(c2ccn3nccc3n2)C1. The molecule has 2 aromatic rings. The van der Waals surface area contributed by atoms with Gasteiger partial charge in [0, 0.05) is 31.4 Å². The van der Waals surface area contributed by atoms with Crippen LogP contribution in [0.1, 0.15) is 13.8 Å². The van der Waals surface area contributed by atoms with Crippen LogP contribution < -0.4 is 10.2 Å². The number of rotatable bonds is 3. The zero-order chi connectivity index (χ0) is 13.4. The van der Waals surface area contributed by atoms with Gasteiger partial charge in [0.25, 0.3) is 0 Å². The van der Waals surface area contributed by atoms with E-state index in [1.807, 2.05) is 32.2 Å². The molecule has 1 fully saturated rings. The maximum absolute atomic E-state index is 11.8. The lowest BCUT2D eigenvalue weighted by atomic mass is 9.99. The van der Waals surface area contributed by atoms with Crippen LogP contribution in [0.4, 0.5) is 5.82 Å². The van der Waals surface area contributed by atoms with Crippen molar-refractivity contribution in [2.24, 2.45) is 5.92 Å². The molecule has 0 atom stereocenters. The fourth-order valence-electron chi connectivity index (χ4n) is 2.21. The number of carbonyl (C=O) groups is 1. The van der Waals surface area contributed by atoms with Gasteiger partial charge in [0.05, 0.1) is 12.1 Å². The number of hydrogen-bond acceptors (Lipinski definition) is 4. The first-order valence-electron chi connectivity index (χ1n) is 6.49. The summed E-state index contributed by atoms with van der Waals surface area (Å²) in [6, 6.07) is 3.99. The number of hydrogen-bond donors (Lipinski definition) is 1. The molecule has 0 unspecified atom stereocenters.